The Balaban J connectivity index is 1.68. The third-order valence-corrected chi connectivity index (χ3v) is 4.66. The van der Waals surface area contributed by atoms with Gasteiger partial charge in [0.15, 0.2) is 10.7 Å². The topological polar surface area (TPSA) is 67.2 Å². The Labute approximate surface area is 168 Å². The van der Waals surface area contributed by atoms with E-state index in [9.17, 15) is 4.79 Å². The lowest BCUT2D eigenvalue weighted by Crippen LogP contribution is -2.33. The van der Waals surface area contributed by atoms with Gasteiger partial charge >= 0.3 is 0 Å². The number of rotatable bonds is 5. The molecule has 27 heavy (non-hydrogen) atoms. The van der Waals surface area contributed by atoms with Crippen LogP contribution in [0.15, 0.2) is 40.8 Å². The van der Waals surface area contributed by atoms with Crippen molar-refractivity contribution >= 4 is 51.6 Å². The summed E-state index contributed by atoms with van der Waals surface area (Å²) in [5, 5.41) is 5.87. The largest absolute Gasteiger partial charge is 0.436 e. The van der Waals surface area contributed by atoms with E-state index in [0.717, 1.165) is 22.4 Å². The zero-order valence-corrected chi connectivity index (χ0v) is 16.7. The molecular formula is C20H20ClN3O2S. The second-order valence-electron chi connectivity index (χ2n) is 6.30. The van der Waals surface area contributed by atoms with Gasteiger partial charge in [0.25, 0.3) is 0 Å². The molecule has 0 aliphatic rings. The minimum Gasteiger partial charge on any atom is -0.436 e. The van der Waals surface area contributed by atoms with Crippen LogP contribution in [0.25, 0.3) is 22.6 Å². The lowest BCUT2D eigenvalue weighted by atomic mass is 10.1. The summed E-state index contributed by atoms with van der Waals surface area (Å²) in [6, 6.07) is 11.5. The monoisotopic (exact) mass is 401 g/mol. The number of amides is 1. The number of alkyl halides is 1. The van der Waals surface area contributed by atoms with E-state index in [4.69, 9.17) is 28.2 Å². The van der Waals surface area contributed by atoms with Crippen LogP contribution < -0.4 is 10.6 Å². The highest BCUT2D eigenvalue weighted by Crippen LogP contribution is 2.27. The summed E-state index contributed by atoms with van der Waals surface area (Å²) < 4.78 is 5.88. The van der Waals surface area contributed by atoms with E-state index in [-0.39, 0.29) is 11.0 Å². The number of nitrogens with one attached hydrogen (secondary N) is 2. The predicted octanol–water partition coefficient (Wildman–Crippen LogP) is 4.94. The number of hydrogen-bond acceptors (Lipinski definition) is 4. The smallest absolute Gasteiger partial charge is 0.227 e. The van der Waals surface area contributed by atoms with Crippen molar-refractivity contribution in [3.63, 3.8) is 0 Å². The van der Waals surface area contributed by atoms with Crippen LogP contribution in [0.2, 0.25) is 0 Å². The summed E-state index contributed by atoms with van der Waals surface area (Å²) in [7, 11) is 0. The van der Waals surface area contributed by atoms with Crippen LogP contribution in [0.3, 0.4) is 0 Å². The average molecular weight is 402 g/mol. The Kier molecular flexibility index (Phi) is 6.08. The molecule has 3 rings (SSSR count). The SMILES string of the molecule is Cc1cc2nc(-c3ccc(NC(=S)NC(=O)CCCCl)cc3)oc2cc1C. The number of anilines is 1. The maximum atomic E-state index is 11.7. The molecule has 0 saturated carbocycles. The van der Waals surface area contributed by atoms with Crippen molar-refractivity contribution in [1.29, 1.82) is 0 Å². The first-order valence-corrected chi connectivity index (χ1v) is 9.55. The number of aromatic nitrogens is 1. The molecular weight excluding hydrogens is 382 g/mol. The van der Waals surface area contributed by atoms with Crippen molar-refractivity contribution in [2.45, 2.75) is 26.7 Å². The number of aryl methyl sites for hydroxylation is 2. The first kappa shape index (κ1) is 19.3. The van der Waals surface area contributed by atoms with Crippen LogP contribution in [0.4, 0.5) is 5.69 Å². The molecule has 2 N–H and O–H groups in total. The first-order valence-electron chi connectivity index (χ1n) is 8.61. The van der Waals surface area contributed by atoms with Crippen LogP contribution in [0, 0.1) is 13.8 Å². The summed E-state index contributed by atoms with van der Waals surface area (Å²) in [5.41, 5.74) is 5.61. The van der Waals surface area contributed by atoms with Crippen molar-refractivity contribution in [3.8, 4) is 11.5 Å². The van der Waals surface area contributed by atoms with Gasteiger partial charge in [-0.1, -0.05) is 0 Å². The van der Waals surface area contributed by atoms with E-state index in [1.165, 1.54) is 11.1 Å². The number of halogens is 1. The number of thiocarbonyl (C=S) groups is 1. The number of nitrogens with zero attached hydrogens (tertiary/aromatic N) is 1. The fourth-order valence-electron chi connectivity index (χ4n) is 2.58. The molecule has 140 valence electrons. The van der Waals surface area contributed by atoms with Gasteiger partial charge in [-0.3, -0.25) is 4.79 Å². The molecule has 0 unspecified atom stereocenters. The fourth-order valence-corrected chi connectivity index (χ4v) is 2.94. The number of oxazole rings is 1. The van der Waals surface area contributed by atoms with Crippen LogP contribution in [0.5, 0.6) is 0 Å². The van der Waals surface area contributed by atoms with E-state index in [1.54, 1.807) is 0 Å². The molecule has 0 aliphatic heterocycles. The van der Waals surface area contributed by atoms with Crippen molar-refractivity contribution < 1.29 is 9.21 Å². The van der Waals surface area contributed by atoms with E-state index in [2.05, 4.69) is 29.5 Å². The van der Waals surface area contributed by atoms with E-state index >= 15 is 0 Å². The zero-order chi connectivity index (χ0) is 19.4. The van der Waals surface area contributed by atoms with Gasteiger partial charge in [-0.05, 0) is 80.0 Å². The van der Waals surface area contributed by atoms with Gasteiger partial charge in [-0.2, -0.15) is 0 Å². The third kappa shape index (κ3) is 4.84. The Morgan fingerprint density at radius 2 is 1.89 bits per heavy atom. The Morgan fingerprint density at radius 3 is 2.59 bits per heavy atom. The molecule has 0 fully saturated rings. The molecule has 2 aromatic carbocycles. The van der Waals surface area contributed by atoms with Gasteiger partial charge in [0, 0.05) is 23.6 Å². The van der Waals surface area contributed by atoms with Gasteiger partial charge in [-0.15, -0.1) is 11.6 Å². The molecule has 0 spiro atoms. The summed E-state index contributed by atoms with van der Waals surface area (Å²) in [6.07, 6.45) is 0.967. The average Bonchev–Trinajstić information content (AvgIpc) is 3.03. The molecule has 0 radical (unpaired) electrons. The van der Waals surface area contributed by atoms with Gasteiger partial charge in [0.1, 0.15) is 5.52 Å². The molecule has 0 aliphatic carbocycles. The molecule has 1 amide bonds. The highest BCUT2D eigenvalue weighted by atomic mass is 35.5. The first-order chi connectivity index (χ1) is 13.0. The normalized spacial score (nSPS) is 10.8. The minimum atomic E-state index is -0.151. The van der Waals surface area contributed by atoms with Crippen molar-refractivity contribution in [2.75, 3.05) is 11.2 Å². The summed E-state index contributed by atoms with van der Waals surface area (Å²) in [6.45, 7) is 4.11. The Morgan fingerprint density at radius 1 is 1.19 bits per heavy atom. The molecule has 3 aromatic rings. The zero-order valence-electron chi connectivity index (χ0n) is 15.1. The lowest BCUT2D eigenvalue weighted by molar-refractivity contribution is -0.119. The molecule has 0 atom stereocenters. The van der Waals surface area contributed by atoms with Crippen molar-refractivity contribution in [3.05, 3.63) is 47.5 Å². The molecule has 5 nitrogen and oxygen atoms in total. The van der Waals surface area contributed by atoms with E-state index < -0.39 is 0 Å². The molecule has 0 bridgehead atoms. The summed E-state index contributed by atoms with van der Waals surface area (Å²) in [5.74, 6) is 0.865. The van der Waals surface area contributed by atoms with Gasteiger partial charge in [0.05, 0.1) is 0 Å². The third-order valence-electron chi connectivity index (χ3n) is 4.18. The second kappa shape index (κ2) is 8.50. The Hall–Kier alpha value is -2.44. The molecule has 1 heterocycles. The van der Waals surface area contributed by atoms with Crippen molar-refractivity contribution in [1.82, 2.24) is 10.3 Å². The predicted molar refractivity (Wildman–Crippen MR) is 113 cm³/mol. The standard InChI is InChI=1S/C20H20ClN3O2S/c1-12-10-16-17(11-13(12)2)26-19(23-16)14-5-7-15(8-6-14)22-20(27)24-18(25)4-3-9-21/h5-8,10-11H,3-4,9H2,1-2H3,(H2,22,24,25,27). The number of hydrogen-bond donors (Lipinski definition) is 2. The number of fused-ring (bicyclic) bond motifs is 1. The number of carbonyl (C=O) groups is 1. The highest BCUT2D eigenvalue weighted by molar-refractivity contribution is 7.80. The fraction of sp³-hybridized carbons (Fsp3) is 0.250. The van der Waals surface area contributed by atoms with Gasteiger partial charge in [-0.25, -0.2) is 4.98 Å². The maximum absolute atomic E-state index is 11.7. The van der Waals surface area contributed by atoms with E-state index in [0.29, 0.717) is 24.6 Å². The van der Waals surface area contributed by atoms with Gasteiger partial charge in [0.2, 0.25) is 11.8 Å². The Bertz CT molecular complexity index is 944. The number of benzene rings is 2. The van der Waals surface area contributed by atoms with E-state index in [1.807, 2.05) is 36.4 Å². The maximum Gasteiger partial charge on any atom is 0.227 e. The van der Waals surface area contributed by atoms with Crippen molar-refractivity contribution in [2.24, 2.45) is 0 Å². The minimum absolute atomic E-state index is 0.151. The van der Waals surface area contributed by atoms with Crippen LogP contribution in [0.1, 0.15) is 24.0 Å². The lowest BCUT2D eigenvalue weighted by Gasteiger charge is -2.09. The van der Waals surface area contributed by atoms with Crippen LogP contribution in [-0.4, -0.2) is 21.9 Å². The number of carbonyl (C=O) groups excluding carboxylic acids is 1. The van der Waals surface area contributed by atoms with Gasteiger partial charge < -0.3 is 15.1 Å². The molecule has 0 saturated heterocycles. The summed E-state index contributed by atoms with van der Waals surface area (Å²) >= 11 is 10.7. The molecule has 1 aromatic heterocycles. The van der Waals surface area contributed by atoms with Crippen LogP contribution in [-0.2, 0) is 4.79 Å². The quantitative estimate of drug-likeness (QED) is 0.468. The molecule has 7 heteroatoms. The van der Waals surface area contributed by atoms with Crippen LogP contribution >= 0.6 is 23.8 Å². The summed E-state index contributed by atoms with van der Waals surface area (Å²) in [4.78, 5) is 16.2. The highest BCUT2D eigenvalue weighted by Gasteiger charge is 2.10. The second-order valence-corrected chi connectivity index (χ2v) is 7.08.